The number of methoxy groups -OCH3 is 1. The van der Waals surface area contributed by atoms with Gasteiger partial charge in [0.2, 0.25) is 0 Å². The molecule has 0 heterocycles. The van der Waals surface area contributed by atoms with Gasteiger partial charge in [-0.25, -0.2) is 13.2 Å². The van der Waals surface area contributed by atoms with Crippen LogP contribution in [-0.4, -0.2) is 12.9 Å². The maximum absolute atomic E-state index is 13.4. The topological polar surface area (TPSA) is 52.3 Å². The van der Waals surface area contributed by atoms with Gasteiger partial charge >= 0.3 is 0 Å². The van der Waals surface area contributed by atoms with Gasteiger partial charge in [-0.15, -0.1) is 0 Å². The summed E-state index contributed by atoms with van der Waals surface area (Å²) in [6.07, 6.45) is 0. The lowest BCUT2D eigenvalue weighted by molar-refractivity contribution is 0.103. The van der Waals surface area contributed by atoms with Crippen molar-refractivity contribution < 1.29 is 22.7 Å². The van der Waals surface area contributed by atoms with E-state index in [4.69, 9.17) is 10.5 Å². The molecule has 2 rings (SSSR count). The van der Waals surface area contributed by atoms with Crippen LogP contribution in [0.3, 0.4) is 0 Å². The second-order valence-corrected chi connectivity index (χ2v) is 5.00. The molecule has 0 radical (unpaired) electrons. The Kier molecular flexibility index (Phi) is 4.22. The molecule has 0 aliphatic rings. The summed E-state index contributed by atoms with van der Waals surface area (Å²) in [5, 5.41) is 0. The number of carbonyl (C=O) groups excluding carboxylic acids is 1. The second-order valence-electron chi connectivity index (χ2n) is 4.15. The molecule has 0 aromatic heterocycles. The highest BCUT2D eigenvalue weighted by molar-refractivity contribution is 9.10. The van der Waals surface area contributed by atoms with Crippen molar-refractivity contribution >= 4 is 27.4 Å². The minimum Gasteiger partial charge on any atom is -0.496 e. The fourth-order valence-corrected chi connectivity index (χ4v) is 2.12. The van der Waals surface area contributed by atoms with Crippen LogP contribution in [0.4, 0.5) is 18.9 Å². The Hall–Kier alpha value is -2.02. The molecule has 0 aliphatic heterocycles. The highest BCUT2D eigenvalue weighted by Crippen LogP contribution is 2.30. The molecule has 0 unspecified atom stereocenters. The predicted octanol–water partition coefficient (Wildman–Crippen LogP) is 3.69. The van der Waals surface area contributed by atoms with Crippen LogP contribution in [0, 0.1) is 17.5 Å². The van der Waals surface area contributed by atoms with Gasteiger partial charge in [-0.05, 0) is 28.1 Å². The van der Waals surface area contributed by atoms with Gasteiger partial charge < -0.3 is 10.5 Å². The van der Waals surface area contributed by atoms with Gasteiger partial charge in [0.1, 0.15) is 11.6 Å². The van der Waals surface area contributed by atoms with E-state index in [1.54, 1.807) is 0 Å². The summed E-state index contributed by atoms with van der Waals surface area (Å²) in [5.74, 6) is -3.72. The Morgan fingerprint density at radius 1 is 1.05 bits per heavy atom. The first-order valence-electron chi connectivity index (χ1n) is 5.67. The molecule has 0 aliphatic carbocycles. The lowest BCUT2D eigenvalue weighted by atomic mass is 10.0. The fourth-order valence-electron chi connectivity index (χ4n) is 1.78. The molecule has 7 heteroatoms. The molecular weight excluding hydrogens is 351 g/mol. The summed E-state index contributed by atoms with van der Waals surface area (Å²) in [7, 11) is 1.26. The molecule has 0 atom stereocenters. The van der Waals surface area contributed by atoms with E-state index in [9.17, 15) is 18.0 Å². The maximum atomic E-state index is 13.4. The number of nitrogen functional groups attached to an aromatic ring is 1. The molecule has 0 amide bonds. The number of hydrogen-bond donors (Lipinski definition) is 1. The zero-order valence-electron chi connectivity index (χ0n) is 10.7. The molecule has 0 saturated heterocycles. The number of benzene rings is 2. The van der Waals surface area contributed by atoms with Gasteiger partial charge in [0.05, 0.1) is 17.1 Å². The zero-order valence-corrected chi connectivity index (χ0v) is 12.3. The van der Waals surface area contributed by atoms with Gasteiger partial charge in [-0.2, -0.15) is 0 Å². The number of nitrogens with two attached hydrogens (primary N) is 1. The molecule has 0 saturated carbocycles. The van der Waals surface area contributed by atoms with Gasteiger partial charge in [0.25, 0.3) is 0 Å². The van der Waals surface area contributed by atoms with Crippen LogP contribution < -0.4 is 10.5 Å². The lowest BCUT2D eigenvalue weighted by Crippen LogP contribution is -2.09. The van der Waals surface area contributed by atoms with Gasteiger partial charge in [-0.3, -0.25) is 4.79 Å². The van der Waals surface area contributed by atoms with E-state index in [2.05, 4.69) is 15.9 Å². The SMILES string of the molecule is COc1cc(F)c(Br)cc1C(=O)c1cc(F)c(F)cc1N. The monoisotopic (exact) mass is 359 g/mol. The van der Waals surface area contributed by atoms with Crippen molar-refractivity contribution in [1.82, 2.24) is 0 Å². The Morgan fingerprint density at radius 3 is 2.29 bits per heavy atom. The third-order valence-corrected chi connectivity index (χ3v) is 3.43. The van der Waals surface area contributed by atoms with E-state index in [0.717, 1.165) is 6.07 Å². The van der Waals surface area contributed by atoms with E-state index in [0.29, 0.717) is 12.1 Å². The fraction of sp³-hybridized carbons (Fsp3) is 0.0714. The highest BCUT2D eigenvalue weighted by Gasteiger charge is 2.21. The Labute approximate surface area is 126 Å². The number of anilines is 1. The Bertz CT molecular complexity index is 735. The molecule has 0 bridgehead atoms. The Morgan fingerprint density at radius 2 is 1.67 bits per heavy atom. The van der Waals surface area contributed by atoms with E-state index >= 15 is 0 Å². The van der Waals surface area contributed by atoms with Crippen LogP contribution in [-0.2, 0) is 0 Å². The molecule has 0 spiro atoms. The van der Waals surface area contributed by atoms with Crippen LogP contribution in [0.15, 0.2) is 28.7 Å². The first-order valence-corrected chi connectivity index (χ1v) is 6.46. The van der Waals surface area contributed by atoms with Gasteiger partial charge in [0, 0.05) is 23.4 Å². The third-order valence-electron chi connectivity index (χ3n) is 2.82. The standard InChI is InChI=1S/C14H9BrF3NO2/c1-21-13-5-9(16)8(15)2-7(13)14(20)6-3-10(17)11(18)4-12(6)19/h2-5H,19H2,1H3. The van der Waals surface area contributed by atoms with Crippen molar-refractivity contribution in [2.75, 3.05) is 12.8 Å². The average Bonchev–Trinajstić information content (AvgIpc) is 2.44. The molecule has 2 N–H and O–H groups in total. The van der Waals surface area contributed by atoms with E-state index in [1.165, 1.54) is 13.2 Å². The van der Waals surface area contributed by atoms with Crippen LogP contribution in [0.1, 0.15) is 15.9 Å². The first-order chi connectivity index (χ1) is 9.85. The van der Waals surface area contributed by atoms with E-state index in [1.807, 2.05) is 0 Å². The average molecular weight is 360 g/mol. The van der Waals surface area contributed by atoms with Crippen LogP contribution in [0.5, 0.6) is 5.75 Å². The highest BCUT2D eigenvalue weighted by atomic mass is 79.9. The summed E-state index contributed by atoms with van der Waals surface area (Å²) in [6, 6.07) is 3.61. The first kappa shape index (κ1) is 15.4. The summed E-state index contributed by atoms with van der Waals surface area (Å²) >= 11 is 2.95. The van der Waals surface area contributed by atoms with Crippen molar-refractivity contribution in [3.05, 3.63) is 57.3 Å². The smallest absolute Gasteiger partial charge is 0.198 e. The van der Waals surface area contributed by atoms with Crippen molar-refractivity contribution in [1.29, 1.82) is 0 Å². The van der Waals surface area contributed by atoms with Crippen molar-refractivity contribution in [3.63, 3.8) is 0 Å². The molecule has 0 fully saturated rings. The number of ketones is 1. The molecule has 3 nitrogen and oxygen atoms in total. The summed E-state index contributed by atoms with van der Waals surface area (Å²) in [5.41, 5.74) is 5.06. The van der Waals surface area contributed by atoms with E-state index < -0.39 is 23.2 Å². The van der Waals surface area contributed by atoms with Crippen LogP contribution in [0.2, 0.25) is 0 Å². The zero-order chi connectivity index (χ0) is 15.7. The van der Waals surface area contributed by atoms with Crippen molar-refractivity contribution in [3.8, 4) is 5.75 Å². The number of ether oxygens (including phenoxy) is 1. The Balaban J connectivity index is 2.60. The normalized spacial score (nSPS) is 10.5. The molecule has 2 aromatic carbocycles. The number of carbonyl (C=O) groups is 1. The number of rotatable bonds is 3. The van der Waals surface area contributed by atoms with Crippen LogP contribution in [0.25, 0.3) is 0 Å². The summed E-state index contributed by atoms with van der Waals surface area (Å²) in [4.78, 5) is 12.4. The van der Waals surface area contributed by atoms with Crippen molar-refractivity contribution in [2.45, 2.75) is 0 Å². The maximum Gasteiger partial charge on any atom is 0.198 e. The second kappa shape index (κ2) is 5.77. The van der Waals surface area contributed by atoms with E-state index in [-0.39, 0.29) is 27.0 Å². The predicted molar refractivity (Wildman–Crippen MR) is 74.9 cm³/mol. The summed E-state index contributed by atoms with van der Waals surface area (Å²) in [6.45, 7) is 0. The quantitative estimate of drug-likeness (QED) is 0.671. The minimum atomic E-state index is -1.20. The van der Waals surface area contributed by atoms with Gasteiger partial charge in [0.15, 0.2) is 17.4 Å². The number of hydrogen-bond acceptors (Lipinski definition) is 3. The number of halogens is 4. The molecule has 110 valence electrons. The summed E-state index contributed by atoms with van der Waals surface area (Å²) < 4.78 is 44.7. The van der Waals surface area contributed by atoms with Gasteiger partial charge in [-0.1, -0.05) is 0 Å². The molecular formula is C14H9BrF3NO2. The van der Waals surface area contributed by atoms with Crippen molar-refractivity contribution in [2.24, 2.45) is 0 Å². The third kappa shape index (κ3) is 2.87. The molecule has 21 heavy (non-hydrogen) atoms. The lowest BCUT2D eigenvalue weighted by Gasteiger charge is -2.11. The molecule has 2 aromatic rings. The largest absolute Gasteiger partial charge is 0.496 e. The van der Waals surface area contributed by atoms with Crippen LogP contribution >= 0.6 is 15.9 Å². The minimum absolute atomic E-state index is 0.0246.